The third kappa shape index (κ3) is 3.88. The van der Waals surface area contributed by atoms with E-state index in [-0.39, 0.29) is 16.6 Å². The van der Waals surface area contributed by atoms with Gasteiger partial charge in [0.2, 0.25) is 9.84 Å². The Morgan fingerprint density at radius 3 is 2.38 bits per heavy atom. The highest BCUT2D eigenvalue weighted by Gasteiger charge is 2.30. The molecule has 1 N–H and O–H groups in total. The Bertz CT molecular complexity index is 570. The number of halogens is 2. The average Bonchev–Trinajstić information content (AvgIpc) is 2.48. The van der Waals surface area contributed by atoms with E-state index in [9.17, 15) is 17.2 Å². The highest BCUT2D eigenvalue weighted by molar-refractivity contribution is 7.99. The summed E-state index contributed by atoms with van der Waals surface area (Å²) in [5.41, 5.74) is 0.283. The number of hydrogen-bond acceptors (Lipinski definition) is 4. The molecule has 0 unspecified atom stereocenters. The van der Waals surface area contributed by atoms with Gasteiger partial charge >= 0.3 is 5.76 Å². The van der Waals surface area contributed by atoms with Crippen molar-refractivity contribution in [2.75, 3.05) is 11.6 Å². The lowest BCUT2D eigenvalue weighted by Gasteiger charge is -2.29. The van der Waals surface area contributed by atoms with Crippen molar-refractivity contribution in [2.45, 2.75) is 47.6 Å². The highest BCUT2D eigenvalue weighted by atomic mass is 32.2. The predicted molar refractivity (Wildman–Crippen MR) is 82.8 cm³/mol. The van der Waals surface area contributed by atoms with Crippen LogP contribution in [0.3, 0.4) is 0 Å². The molecular weight excluding hydrogens is 316 g/mol. The Labute approximate surface area is 128 Å². The molecule has 0 radical (unpaired) electrons. The number of alkyl halides is 2. The average molecular weight is 335 g/mol. The number of sulfone groups is 1. The second-order valence-electron chi connectivity index (χ2n) is 5.16. The molecule has 1 saturated carbocycles. The summed E-state index contributed by atoms with van der Waals surface area (Å²) in [5.74, 6) is -3.40. The number of para-hydroxylation sites is 1. The van der Waals surface area contributed by atoms with E-state index in [2.05, 4.69) is 11.6 Å². The van der Waals surface area contributed by atoms with Crippen LogP contribution in [0, 0.1) is 0 Å². The Morgan fingerprint density at radius 1 is 1.19 bits per heavy atom. The van der Waals surface area contributed by atoms with Gasteiger partial charge < -0.3 is 5.32 Å². The zero-order chi connectivity index (χ0) is 15.5. The van der Waals surface area contributed by atoms with E-state index in [1.165, 1.54) is 12.1 Å². The van der Waals surface area contributed by atoms with Gasteiger partial charge in [-0.15, -0.1) is 0 Å². The van der Waals surface area contributed by atoms with E-state index < -0.39 is 15.6 Å². The third-order valence-electron chi connectivity index (χ3n) is 3.80. The van der Waals surface area contributed by atoms with E-state index in [0.29, 0.717) is 5.25 Å². The molecule has 7 heteroatoms. The highest BCUT2D eigenvalue weighted by Crippen LogP contribution is 2.31. The topological polar surface area (TPSA) is 46.2 Å². The third-order valence-corrected chi connectivity index (χ3v) is 6.37. The van der Waals surface area contributed by atoms with Crippen molar-refractivity contribution < 1.29 is 17.2 Å². The lowest BCUT2D eigenvalue weighted by Crippen LogP contribution is -2.28. The first-order valence-corrected chi connectivity index (χ1v) is 9.69. The summed E-state index contributed by atoms with van der Waals surface area (Å²) in [4.78, 5) is -0.313. The van der Waals surface area contributed by atoms with Crippen LogP contribution >= 0.6 is 11.8 Å². The van der Waals surface area contributed by atoms with Crippen LogP contribution in [0.5, 0.6) is 0 Å². The zero-order valence-electron chi connectivity index (χ0n) is 11.8. The van der Waals surface area contributed by atoms with Gasteiger partial charge in [-0.05, 0) is 44.1 Å². The summed E-state index contributed by atoms with van der Waals surface area (Å²) in [5, 5.41) is 3.78. The van der Waals surface area contributed by atoms with Gasteiger partial charge in [0.1, 0.15) is 0 Å². The molecule has 1 aliphatic rings. The molecule has 0 aliphatic heterocycles. The molecule has 3 nitrogen and oxygen atoms in total. The standard InChI is InChI=1S/C14H19F2NO2S2/c1-20-11-8-6-10(7-9-11)17-12-4-2-3-5-13(12)21(18,19)14(15)16/h2-5,10-11,14,17H,6-9H2,1H3. The number of hydrogen-bond donors (Lipinski definition) is 1. The van der Waals surface area contributed by atoms with Gasteiger partial charge in [-0.25, -0.2) is 8.42 Å². The van der Waals surface area contributed by atoms with Crippen molar-refractivity contribution in [3.8, 4) is 0 Å². The van der Waals surface area contributed by atoms with E-state index in [1.807, 2.05) is 11.8 Å². The normalized spacial score (nSPS) is 23.2. The molecule has 1 fully saturated rings. The van der Waals surface area contributed by atoms with Crippen LogP contribution in [-0.4, -0.2) is 31.7 Å². The minimum atomic E-state index is -4.57. The molecule has 0 spiro atoms. The summed E-state index contributed by atoms with van der Waals surface area (Å²) >= 11 is 1.84. The molecule has 1 aliphatic carbocycles. The summed E-state index contributed by atoms with van der Waals surface area (Å²) in [6.45, 7) is 0. The van der Waals surface area contributed by atoms with Crippen molar-refractivity contribution in [3.63, 3.8) is 0 Å². The second kappa shape index (κ2) is 6.96. The lowest BCUT2D eigenvalue weighted by molar-refractivity contribution is 0.235. The maximum Gasteiger partial charge on any atom is 0.341 e. The van der Waals surface area contributed by atoms with Gasteiger partial charge in [-0.1, -0.05) is 12.1 Å². The van der Waals surface area contributed by atoms with Gasteiger partial charge in [0.15, 0.2) is 0 Å². The monoisotopic (exact) mass is 335 g/mol. The molecule has 0 bridgehead atoms. The van der Waals surface area contributed by atoms with Crippen LogP contribution in [0.25, 0.3) is 0 Å². The molecule has 1 aromatic rings. The maximum atomic E-state index is 12.7. The van der Waals surface area contributed by atoms with Crippen molar-refractivity contribution in [1.29, 1.82) is 0 Å². The first kappa shape index (κ1) is 16.5. The Balaban J connectivity index is 2.15. The molecule has 118 valence electrons. The van der Waals surface area contributed by atoms with Crippen LogP contribution in [0.15, 0.2) is 29.2 Å². The molecular formula is C14H19F2NO2S2. The minimum absolute atomic E-state index is 0.141. The zero-order valence-corrected chi connectivity index (χ0v) is 13.4. The molecule has 0 saturated heterocycles. The van der Waals surface area contributed by atoms with Gasteiger partial charge in [0.25, 0.3) is 0 Å². The van der Waals surface area contributed by atoms with Gasteiger partial charge in [-0.3, -0.25) is 0 Å². The molecule has 0 amide bonds. The molecule has 0 atom stereocenters. The quantitative estimate of drug-likeness (QED) is 0.890. The van der Waals surface area contributed by atoms with Crippen molar-refractivity contribution in [3.05, 3.63) is 24.3 Å². The summed E-state index contributed by atoms with van der Waals surface area (Å²) in [6.07, 6.45) is 6.05. The Hall–Kier alpha value is -0.820. The largest absolute Gasteiger partial charge is 0.381 e. The molecule has 0 heterocycles. The van der Waals surface area contributed by atoms with Crippen LogP contribution < -0.4 is 5.32 Å². The first-order valence-electron chi connectivity index (χ1n) is 6.85. The maximum absolute atomic E-state index is 12.7. The predicted octanol–water partition coefficient (Wildman–Crippen LogP) is 3.77. The van der Waals surface area contributed by atoms with Crippen molar-refractivity contribution >= 4 is 27.3 Å². The summed E-state index contributed by atoms with van der Waals surface area (Å²) in [6, 6.07) is 6.04. The number of benzene rings is 1. The molecule has 0 aromatic heterocycles. The van der Waals surface area contributed by atoms with E-state index in [0.717, 1.165) is 25.7 Å². The number of thioether (sulfide) groups is 1. The fourth-order valence-corrected chi connectivity index (χ4v) is 4.23. The van der Waals surface area contributed by atoms with E-state index >= 15 is 0 Å². The number of nitrogens with one attached hydrogen (secondary N) is 1. The summed E-state index contributed by atoms with van der Waals surface area (Å²) in [7, 11) is -4.57. The van der Waals surface area contributed by atoms with Crippen molar-refractivity contribution in [1.82, 2.24) is 0 Å². The first-order chi connectivity index (χ1) is 9.95. The van der Waals surface area contributed by atoms with Gasteiger partial charge in [0, 0.05) is 11.3 Å². The summed E-state index contributed by atoms with van der Waals surface area (Å²) < 4.78 is 48.9. The molecule has 2 rings (SSSR count). The lowest BCUT2D eigenvalue weighted by atomic mass is 9.95. The fraction of sp³-hybridized carbons (Fsp3) is 0.571. The van der Waals surface area contributed by atoms with Gasteiger partial charge in [0.05, 0.1) is 10.6 Å². The Kier molecular flexibility index (Phi) is 5.48. The van der Waals surface area contributed by atoms with Crippen LogP contribution in [0.1, 0.15) is 25.7 Å². The van der Waals surface area contributed by atoms with E-state index in [1.54, 1.807) is 12.1 Å². The van der Waals surface area contributed by atoms with Crippen LogP contribution in [0.2, 0.25) is 0 Å². The van der Waals surface area contributed by atoms with Crippen LogP contribution in [-0.2, 0) is 9.84 Å². The van der Waals surface area contributed by atoms with Crippen LogP contribution in [0.4, 0.5) is 14.5 Å². The van der Waals surface area contributed by atoms with Crippen molar-refractivity contribution in [2.24, 2.45) is 0 Å². The number of anilines is 1. The molecule has 1 aromatic carbocycles. The molecule has 21 heavy (non-hydrogen) atoms. The SMILES string of the molecule is CSC1CCC(Nc2ccccc2S(=O)(=O)C(F)F)CC1. The Morgan fingerprint density at radius 2 is 1.81 bits per heavy atom. The minimum Gasteiger partial charge on any atom is -0.381 e. The smallest absolute Gasteiger partial charge is 0.341 e. The van der Waals surface area contributed by atoms with Gasteiger partial charge in [-0.2, -0.15) is 20.5 Å². The second-order valence-corrected chi connectivity index (χ2v) is 8.18. The number of rotatable bonds is 5. The fourth-order valence-electron chi connectivity index (χ4n) is 2.59. The van der Waals surface area contributed by atoms with E-state index in [4.69, 9.17) is 0 Å².